The van der Waals surface area contributed by atoms with Crippen LogP contribution >= 0.6 is 0 Å². The normalized spacial score (nSPS) is 14.8. The molecule has 7 rings (SSSR count). The highest BCUT2D eigenvalue weighted by molar-refractivity contribution is 6.04. The van der Waals surface area contributed by atoms with Crippen LogP contribution in [0.3, 0.4) is 0 Å². The Labute approximate surface area is 283 Å². The molecule has 0 spiro atoms. The fraction of sp³-hybridized carbons (Fsp3) is 0.211. The van der Waals surface area contributed by atoms with E-state index in [-0.39, 0.29) is 5.56 Å². The van der Waals surface area contributed by atoms with Gasteiger partial charge in [-0.2, -0.15) is 0 Å². The third-order valence-corrected chi connectivity index (χ3v) is 8.87. The summed E-state index contributed by atoms with van der Waals surface area (Å²) < 4.78 is 30.0. The molecule has 11 heteroatoms. The van der Waals surface area contributed by atoms with Crippen molar-refractivity contribution in [1.82, 2.24) is 29.2 Å². The summed E-state index contributed by atoms with van der Waals surface area (Å²) in [6, 6.07) is 26.4. The minimum absolute atomic E-state index is 0.380. The van der Waals surface area contributed by atoms with Crippen LogP contribution in [-0.4, -0.2) is 74.8 Å². The number of likely N-dealkylation sites (N-methyl/N-ethyl adjacent to an activating group) is 1. The Morgan fingerprint density at radius 2 is 1.80 bits per heavy atom. The third-order valence-electron chi connectivity index (χ3n) is 8.87. The molecule has 1 saturated heterocycles. The maximum Gasteiger partial charge on any atom is 0.258 e. The number of halogens is 2. The molecule has 1 aliphatic heterocycles. The molecule has 1 amide bonds. The van der Waals surface area contributed by atoms with Crippen LogP contribution in [-0.2, 0) is 6.42 Å². The second-order valence-electron chi connectivity index (χ2n) is 12.4. The van der Waals surface area contributed by atoms with Gasteiger partial charge in [-0.05, 0) is 99.7 Å². The predicted molar refractivity (Wildman–Crippen MR) is 188 cm³/mol. The molecule has 1 fully saturated rings. The Morgan fingerprint density at radius 1 is 0.939 bits per heavy atom. The van der Waals surface area contributed by atoms with Crippen molar-refractivity contribution < 1.29 is 13.6 Å². The lowest BCUT2D eigenvalue weighted by molar-refractivity contribution is 0.102. The van der Waals surface area contributed by atoms with Crippen molar-refractivity contribution in [1.29, 1.82) is 0 Å². The van der Waals surface area contributed by atoms with Crippen molar-refractivity contribution in [2.24, 2.45) is 0 Å². The number of likely N-dealkylation sites (tertiary alicyclic amines) is 1. The van der Waals surface area contributed by atoms with Gasteiger partial charge in [0.1, 0.15) is 17.3 Å². The molecule has 1 atom stereocenters. The summed E-state index contributed by atoms with van der Waals surface area (Å²) in [7, 11) is 4.30. The summed E-state index contributed by atoms with van der Waals surface area (Å²) >= 11 is 0. The topological polar surface area (TPSA) is 90.7 Å². The fourth-order valence-electron chi connectivity index (χ4n) is 6.26. The van der Waals surface area contributed by atoms with Gasteiger partial charge in [-0.1, -0.05) is 30.3 Å². The minimum atomic E-state index is -0.807. The molecule has 0 aliphatic carbocycles. The van der Waals surface area contributed by atoms with E-state index in [0.717, 1.165) is 55.6 Å². The van der Waals surface area contributed by atoms with Gasteiger partial charge in [0.25, 0.3) is 5.91 Å². The summed E-state index contributed by atoms with van der Waals surface area (Å²) in [6.07, 6.45) is 5.79. The number of nitrogens with one attached hydrogen (secondary N) is 2. The average molecular weight is 659 g/mol. The lowest BCUT2D eigenvalue weighted by Crippen LogP contribution is -2.32. The minimum Gasteiger partial charge on any atom is -0.324 e. The Balaban J connectivity index is 1.14. The lowest BCUT2D eigenvalue weighted by atomic mass is 10.1. The molecule has 3 aromatic heterocycles. The van der Waals surface area contributed by atoms with Crippen LogP contribution in [0.4, 0.5) is 26.1 Å². The van der Waals surface area contributed by atoms with Crippen LogP contribution in [0.1, 0.15) is 22.3 Å². The van der Waals surface area contributed by atoms with Crippen molar-refractivity contribution in [3.05, 3.63) is 126 Å². The summed E-state index contributed by atoms with van der Waals surface area (Å²) in [6.45, 7) is 3.24. The van der Waals surface area contributed by atoms with Gasteiger partial charge in [0.2, 0.25) is 5.95 Å². The van der Waals surface area contributed by atoms with Crippen molar-refractivity contribution >= 4 is 28.9 Å². The maximum atomic E-state index is 14.3. The van der Waals surface area contributed by atoms with Crippen LogP contribution in [0.15, 0.2) is 103 Å². The number of hydrogen-bond donors (Lipinski definition) is 2. The van der Waals surface area contributed by atoms with Crippen LogP contribution in [0.5, 0.6) is 0 Å². The Hall–Kier alpha value is -5.52. The van der Waals surface area contributed by atoms with Gasteiger partial charge >= 0.3 is 0 Å². The number of rotatable bonds is 10. The molecule has 6 aromatic rings. The highest BCUT2D eigenvalue weighted by Gasteiger charge is 2.23. The molecule has 0 saturated carbocycles. The number of fused-ring (bicyclic) bond motifs is 1. The number of benzene rings is 3. The molecular formula is C38H36F2N8O. The molecule has 3 aromatic carbocycles. The number of carbonyl (C=O) groups excluding carboxylic acids is 1. The Bertz CT molecular complexity index is 2130. The van der Waals surface area contributed by atoms with Crippen molar-refractivity contribution in [3.8, 4) is 22.6 Å². The molecule has 2 N–H and O–H groups in total. The number of imidazole rings is 1. The van der Waals surface area contributed by atoms with E-state index in [0.29, 0.717) is 40.3 Å². The Kier molecular flexibility index (Phi) is 9.10. The van der Waals surface area contributed by atoms with Gasteiger partial charge in [0.05, 0.1) is 22.6 Å². The quantitative estimate of drug-likeness (QED) is 0.165. The van der Waals surface area contributed by atoms with Crippen molar-refractivity contribution in [2.75, 3.05) is 44.4 Å². The molecule has 1 aliphatic rings. The zero-order valence-corrected chi connectivity index (χ0v) is 27.3. The molecule has 49 heavy (non-hydrogen) atoms. The number of pyridine rings is 1. The standard InChI is InChI=1S/C38H36F2N8O/c1-46(2)30-16-20-47(24-30)19-15-25-7-5-9-28(21-25)43-38-41-17-14-33(44-38)36-35(45-34-11-3-4-18-48(34)36)26-8-6-10-29(22-26)42-37(49)31-23-27(39)12-13-32(31)40/h3-14,17-18,21-23,30H,15-16,19-20,24H2,1-2H3,(H,42,49)(H,41,43,44). The number of hydrogen-bond acceptors (Lipinski definition) is 7. The van der Waals surface area contributed by atoms with E-state index in [1.54, 1.807) is 24.4 Å². The first-order chi connectivity index (χ1) is 23.8. The third kappa shape index (κ3) is 7.18. The Morgan fingerprint density at radius 3 is 2.65 bits per heavy atom. The van der Waals surface area contributed by atoms with Gasteiger partial charge < -0.3 is 20.4 Å². The van der Waals surface area contributed by atoms with Crippen LogP contribution in [0.25, 0.3) is 28.3 Å². The summed E-state index contributed by atoms with van der Waals surface area (Å²) in [5.74, 6) is -1.82. The molecule has 4 heterocycles. The molecule has 1 unspecified atom stereocenters. The SMILES string of the molecule is CN(C)C1CCN(CCc2cccc(Nc3nccc(-c4c(-c5cccc(NC(=O)c6cc(F)ccc6F)c5)nc5ccccn45)n3)c2)C1. The highest BCUT2D eigenvalue weighted by atomic mass is 19.1. The van der Waals surface area contributed by atoms with Gasteiger partial charge in [-0.3, -0.25) is 9.20 Å². The largest absolute Gasteiger partial charge is 0.324 e. The van der Waals surface area contributed by atoms with E-state index in [2.05, 4.69) is 51.6 Å². The second kappa shape index (κ2) is 13.9. The number of anilines is 3. The molecular weight excluding hydrogens is 622 g/mol. The van der Waals surface area contributed by atoms with E-state index in [4.69, 9.17) is 9.97 Å². The van der Waals surface area contributed by atoms with Gasteiger partial charge in [0, 0.05) is 48.5 Å². The lowest BCUT2D eigenvalue weighted by Gasteiger charge is -2.20. The fourth-order valence-corrected chi connectivity index (χ4v) is 6.26. The zero-order chi connectivity index (χ0) is 33.9. The van der Waals surface area contributed by atoms with Gasteiger partial charge in [0.15, 0.2) is 0 Å². The molecule has 248 valence electrons. The van der Waals surface area contributed by atoms with E-state index in [1.165, 1.54) is 12.0 Å². The molecule has 0 radical (unpaired) electrons. The molecule has 9 nitrogen and oxygen atoms in total. The van der Waals surface area contributed by atoms with Crippen molar-refractivity contribution in [3.63, 3.8) is 0 Å². The molecule has 0 bridgehead atoms. The summed E-state index contributed by atoms with van der Waals surface area (Å²) in [4.78, 5) is 32.0. The maximum absolute atomic E-state index is 14.3. The number of nitrogens with zero attached hydrogens (tertiary/aromatic N) is 6. The van der Waals surface area contributed by atoms with Crippen molar-refractivity contribution in [2.45, 2.75) is 18.9 Å². The zero-order valence-electron chi connectivity index (χ0n) is 27.3. The second-order valence-corrected chi connectivity index (χ2v) is 12.4. The monoisotopic (exact) mass is 658 g/mol. The van der Waals surface area contributed by atoms with E-state index in [9.17, 15) is 13.6 Å². The summed E-state index contributed by atoms with van der Waals surface area (Å²) in [5.41, 5.74) is 5.58. The van der Waals surface area contributed by atoms with E-state index < -0.39 is 17.5 Å². The van der Waals surface area contributed by atoms with E-state index >= 15 is 0 Å². The first-order valence-electron chi connectivity index (χ1n) is 16.2. The van der Waals surface area contributed by atoms with Crippen LogP contribution in [0.2, 0.25) is 0 Å². The van der Waals surface area contributed by atoms with Gasteiger partial charge in [-0.25, -0.2) is 23.7 Å². The smallest absolute Gasteiger partial charge is 0.258 e. The first-order valence-corrected chi connectivity index (χ1v) is 16.2. The highest BCUT2D eigenvalue weighted by Crippen LogP contribution is 2.33. The first kappa shape index (κ1) is 32.0. The van der Waals surface area contributed by atoms with Gasteiger partial charge in [-0.15, -0.1) is 0 Å². The van der Waals surface area contributed by atoms with Crippen LogP contribution in [0, 0.1) is 11.6 Å². The predicted octanol–water partition coefficient (Wildman–Crippen LogP) is 6.91. The number of amides is 1. The van der Waals surface area contributed by atoms with Crippen LogP contribution < -0.4 is 10.6 Å². The average Bonchev–Trinajstić information content (AvgIpc) is 3.75. The number of carbonyl (C=O) groups is 1. The number of aromatic nitrogens is 4. The van der Waals surface area contributed by atoms with E-state index in [1.807, 2.05) is 53.1 Å². The summed E-state index contributed by atoms with van der Waals surface area (Å²) in [5, 5.41) is 6.06.